The molecule has 2 saturated heterocycles. The molecule has 4 heteroatoms. The van der Waals surface area contributed by atoms with Gasteiger partial charge in [0.1, 0.15) is 6.10 Å². The van der Waals surface area contributed by atoms with Gasteiger partial charge in [-0.3, -0.25) is 0 Å². The lowest BCUT2D eigenvalue weighted by Crippen LogP contribution is -1.94. The van der Waals surface area contributed by atoms with Crippen molar-refractivity contribution in [3.05, 3.63) is 0 Å². The van der Waals surface area contributed by atoms with Gasteiger partial charge in [-0.2, -0.15) is 11.8 Å². The van der Waals surface area contributed by atoms with Crippen LogP contribution in [0.1, 0.15) is 0 Å². The van der Waals surface area contributed by atoms with Crippen LogP contribution in [0.3, 0.4) is 0 Å². The summed E-state index contributed by atoms with van der Waals surface area (Å²) in [6.45, 7) is 2.61. The fraction of sp³-hybridized carbons (Fsp3) is 1.00. The Labute approximate surface area is 77.8 Å². The van der Waals surface area contributed by atoms with E-state index in [-0.39, 0.29) is 0 Å². The molecule has 0 aromatic carbocycles. The van der Waals surface area contributed by atoms with E-state index in [4.69, 9.17) is 14.2 Å². The SMILES string of the molecule is COCC1CO1.COCC1CS1. The molecule has 2 heterocycles. The lowest BCUT2D eigenvalue weighted by atomic mass is 10.5. The maximum Gasteiger partial charge on any atom is 0.104 e. The Kier molecular flexibility index (Phi) is 4.99. The summed E-state index contributed by atoms with van der Waals surface area (Å²) in [5, 5.41) is 0.843. The quantitative estimate of drug-likeness (QED) is 0.616. The van der Waals surface area contributed by atoms with Gasteiger partial charge in [0.05, 0.1) is 19.8 Å². The van der Waals surface area contributed by atoms with E-state index in [1.54, 1.807) is 14.2 Å². The van der Waals surface area contributed by atoms with Gasteiger partial charge >= 0.3 is 0 Å². The molecular weight excluding hydrogens is 176 g/mol. The zero-order chi connectivity index (χ0) is 8.81. The molecule has 72 valence electrons. The largest absolute Gasteiger partial charge is 0.384 e. The molecule has 0 spiro atoms. The molecule has 0 aromatic heterocycles. The number of methoxy groups -OCH3 is 2. The fourth-order valence-electron chi connectivity index (χ4n) is 0.700. The average molecular weight is 192 g/mol. The van der Waals surface area contributed by atoms with Gasteiger partial charge in [0.15, 0.2) is 0 Å². The van der Waals surface area contributed by atoms with E-state index in [0.29, 0.717) is 6.10 Å². The monoisotopic (exact) mass is 192 g/mol. The third-order valence-corrected chi connectivity index (χ3v) is 2.45. The van der Waals surface area contributed by atoms with Crippen molar-refractivity contribution in [1.82, 2.24) is 0 Å². The maximum absolute atomic E-state index is 4.84. The second-order valence-corrected chi connectivity index (χ2v) is 4.15. The van der Waals surface area contributed by atoms with Gasteiger partial charge in [-0.05, 0) is 0 Å². The van der Waals surface area contributed by atoms with Crippen molar-refractivity contribution >= 4 is 11.8 Å². The normalized spacial score (nSPS) is 30.5. The fourth-order valence-corrected chi connectivity index (χ4v) is 1.16. The summed E-state index contributed by atoms with van der Waals surface area (Å²) in [7, 11) is 3.43. The number of thioether (sulfide) groups is 1. The van der Waals surface area contributed by atoms with Crippen LogP contribution < -0.4 is 0 Å². The first kappa shape index (κ1) is 10.3. The minimum Gasteiger partial charge on any atom is -0.384 e. The van der Waals surface area contributed by atoms with Crippen molar-refractivity contribution in [3.63, 3.8) is 0 Å². The average Bonchev–Trinajstić information content (AvgIpc) is 2.81. The zero-order valence-corrected chi connectivity index (χ0v) is 8.43. The molecule has 2 rings (SSSR count). The molecule has 2 fully saturated rings. The van der Waals surface area contributed by atoms with Crippen LogP contribution in [0, 0.1) is 0 Å². The van der Waals surface area contributed by atoms with Crippen LogP contribution in [0.4, 0.5) is 0 Å². The molecule has 12 heavy (non-hydrogen) atoms. The van der Waals surface area contributed by atoms with Gasteiger partial charge in [0.2, 0.25) is 0 Å². The molecule has 2 unspecified atom stereocenters. The summed E-state index contributed by atoms with van der Waals surface area (Å²) in [6, 6.07) is 0. The molecule has 2 atom stereocenters. The highest BCUT2D eigenvalue weighted by molar-refractivity contribution is 8.06. The van der Waals surface area contributed by atoms with Crippen molar-refractivity contribution in [1.29, 1.82) is 0 Å². The minimum atomic E-state index is 0.426. The van der Waals surface area contributed by atoms with Crippen LogP contribution in [-0.4, -0.2) is 51.1 Å². The summed E-state index contributed by atoms with van der Waals surface area (Å²) in [6.07, 6.45) is 0.426. The first-order chi connectivity index (χ1) is 5.86. The van der Waals surface area contributed by atoms with Crippen molar-refractivity contribution in [2.75, 3.05) is 39.8 Å². The third kappa shape index (κ3) is 5.83. The third-order valence-electron chi connectivity index (χ3n) is 1.51. The van der Waals surface area contributed by atoms with E-state index in [0.717, 1.165) is 25.1 Å². The van der Waals surface area contributed by atoms with Gasteiger partial charge in [-0.15, -0.1) is 0 Å². The summed E-state index contributed by atoms with van der Waals surface area (Å²) in [5.74, 6) is 1.31. The smallest absolute Gasteiger partial charge is 0.104 e. The minimum absolute atomic E-state index is 0.426. The van der Waals surface area contributed by atoms with Crippen LogP contribution >= 0.6 is 11.8 Å². The number of epoxide rings is 1. The summed E-state index contributed by atoms with van der Waals surface area (Å²) >= 11 is 1.97. The highest BCUT2D eigenvalue weighted by atomic mass is 32.2. The molecule has 0 N–H and O–H groups in total. The van der Waals surface area contributed by atoms with E-state index < -0.39 is 0 Å². The number of rotatable bonds is 4. The van der Waals surface area contributed by atoms with E-state index in [1.807, 2.05) is 11.8 Å². The molecule has 0 radical (unpaired) electrons. The Morgan fingerprint density at radius 3 is 2.08 bits per heavy atom. The van der Waals surface area contributed by atoms with Crippen molar-refractivity contribution in [3.8, 4) is 0 Å². The highest BCUT2D eigenvalue weighted by Gasteiger charge is 2.21. The molecule has 2 aliphatic rings. The van der Waals surface area contributed by atoms with Crippen LogP contribution in [0.15, 0.2) is 0 Å². The first-order valence-corrected chi connectivity index (χ1v) is 5.12. The lowest BCUT2D eigenvalue weighted by Gasteiger charge is -1.85. The van der Waals surface area contributed by atoms with E-state index in [1.165, 1.54) is 5.75 Å². The van der Waals surface area contributed by atoms with Gasteiger partial charge in [0, 0.05) is 25.2 Å². The van der Waals surface area contributed by atoms with Gasteiger partial charge in [0.25, 0.3) is 0 Å². The van der Waals surface area contributed by atoms with Crippen molar-refractivity contribution in [2.45, 2.75) is 11.4 Å². The van der Waals surface area contributed by atoms with E-state index >= 15 is 0 Å². The molecule has 2 aliphatic heterocycles. The van der Waals surface area contributed by atoms with Gasteiger partial charge in [-0.1, -0.05) is 0 Å². The maximum atomic E-state index is 4.84. The van der Waals surface area contributed by atoms with Gasteiger partial charge < -0.3 is 14.2 Å². The van der Waals surface area contributed by atoms with Crippen LogP contribution in [0.5, 0.6) is 0 Å². The highest BCUT2D eigenvalue weighted by Crippen LogP contribution is 2.29. The van der Waals surface area contributed by atoms with E-state index in [2.05, 4.69) is 0 Å². The number of hydrogen-bond donors (Lipinski definition) is 0. The standard InChI is InChI=1S/C4H8O2.C4H8OS/c2*1-5-2-4-3-6-4/h2*4H,2-3H2,1H3. The molecule has 0 aromatic rings. The predicted octanol–water partition coefficient (Wildman–Crippen LogP) is 0.780. The second-order valence-electron chi connectivity index (χ2n) is 2.82. The Morgan fingerprint density at radius 1 is 1.33 bits per heavy atom. The van der Waals surface area contributed by atoms with E-state index in [9.17, 15) is 0 Å². The summed E-state index contributed by atoms with van der Waals surface area (Å²) < 4.78 is 14.4. The topological polar surface area (TPSA) is 31.0 Å². The zero-order valence-electron chi connectivity index (χ0n) is 7.62. The lowest BCUT2D eigenvalue weighted by molar-refractivity contribution is 0.171. The Bertz CT molecular complexity index is 98.9. The van der Waals surface area contributed by atoms with Crippen molar-refractivity contribution < 1.29 is 14.2 Å². The summed E-state index contributed by atoms with van der Waals surface area (Å²) in [4.78, 5) is 0. The molecule has 3 nitrogen and oxygen atoms in total. The van der Waals surface area contributed by atoms with Crippen LogP contribution in [-0.2, 0) is 14.2 Å². The number of ether oxygens (including phenoxy) is 3. The summed E-state index contributed by atoms with van der Waals surface area (Å²) in [5.41, 5.74) is 0. The number of hydrogen-bond acceptors (Lipinski definition) is 4. The molecule has 0 amide bonds. The van der Waals surface area contributed by atoms with Crippen LogP contribution in [0.2, 0.25) is 0 Å². The van der Waals surface area contributed by atoms with Crippen LogP contribution in [0.25, 0.3) is 0 Å². The molecular formula is C8H16O3S. The predicted molar refractivity (Wildman–Crippen MR) is 49.7 cm³/mol. The Balaban J connectivity index is 0.000000120. The van der Waals surface area contributed by atoms with Crippen molar-refractivity contribution in [2.24, 2.45) is 0 Å². The molecule has 0 saturated carbocycles. The molecule has 0 bridgehead atoms. The van der Waals surface area contributed by atoms with Gasteiger partial charge in [-0.25, -0.2) is 0 Å². The molecule has 0 aliphatic carbocycles. The first-order valence-electron chi connectivity index (χ1n) is 4.08. The second kappa shape index (κ2) is 5.80. The Morgan fingerprint density at radius 2 is 1.92 bits per heavy atom. The Hall–Kier alpha value is 0.230.